The number of rotatable bonds is 10. The van der Waals surface area contributed by atoms with Crippen molar-refractivity contribution in [3.05, 3.63) is 11.6 Å². The van der Waals surface area contributed by atoms with Gasteiger partial charge in [0, 0.05) is 31.6 Å². The third-order valence-corrected chi connectivity index (χ3v) is 6.37. The number of carbonyl (C=O) groups is 2. The van der Waals surface area contributed by atoms with Gasteiger partial charge in [-0.05, 0) is 62.7 Å². The van der Waals surface area contributed by atoms with Crippen molar-refractivity contribution in [3.8, 4) is 11.8 Å². The van der Waals surface area contributed by atoms with Crippen LogP contribution in [0.2, 0.25) is 0 Å². The molecule has 156 valence electrons. The average molecular weight is 389 g/mol. The summed E-state index contributed by atoms with van der Waals surface area (Å²) in [7, 11) is 0. The molecule has 5 atom stereocenters. The lowest BCUT2D eigenvalue weighted by Gasteiger charge is -2.29. The minimum atomic E-state index is -0.732. The summed E-state index contributed by atoms with van der Waals surface area (Å²) in [4.78, 5) is 23.4. The molecule has 0 amide bonds. The Morgan fingerprint density at radius 2 is 2.04 bits per heavy atom. The Labute approximate surface area is 169 Å². The molecule has 0 aromatic rings. The highest BCUT2D eigenvalue weighted by atomic mass is 16.4. The van der Waals surface area contributed by atoms with Gasteiger partial charge < -0.3 is 10.2 Å². The molecule has 4 heteroatoms. The van der Waals surface area contributed by atoms with E-state index < -0.39 is 12.1 Å². The smallest absolute Gasteiger partial charge is 0.303 e. The molecule has 0 bridgehead atoms. The van der Waals surface area contributed by atoms with Crippen molar-refractivity contribution in [2.75, 3.05) is 0 Å². The van der Waals surface area contributed by atoms with E-state index in [0.717, 1.165) is 51.4 Å². The van der Waals surface area contributed by atoms with Gasteiger partial charge >= 0.3 is 5.97 Å². The van der Waals surface area contributed by atoms with Crippen LogP contribution in [0.5, 0.6) is 0 Å². The van der Waals surface area contributed by atoms with Gasteiger partial charge in [0.25, 0.3) is 0 Å². The number of carbonyl (C=O) groups excluding carboxylic acids is 1. The summed E-state index contributed by atoms with van der Waals surface area (Å²) >= 11 is 0. The number of unbranched alkanes of at least 4 members (excludes halogenated alkanes) is 1. The Morgan fingerprint density at radius 1 is 1.25 bits per heavy atom. The van der Waals surface area contributed by atoms with Gasteiger partial charge in [-0.25, -0.2) is 0 Å². The monoisotopic (exact) mass is 388 g/mol. The predicted octanol–water partition coefficient (Wildman–Crippen LogP) is 4.75. The molecule has 28 heavy (non-hydrogen) atoms. The zero-order chi connectivity index (χ0) is 20.5. The number of aliphatic hydroxyl groups is 1. The molecule has 0 aromatic heterocycles. The van der Waals surface area contributed by atoms with Crippen molar-refractivity contribution in [1.82, 2.24) is 0 Å². The van der Waals surface area contributed by atoms with E-state index in [-0.39, 0.29) is 24.0 Å². The van der Waals surface area contributed by atoms with Crippen LogP contribution >= 0.6 is 0 Å². The number of aliphatic hydroxyl groups excluding tert-OH is 1. The molecule has 2 aliphatic carbocycles. The molecule has 2 N–H and O–H groups in total. The Bertz CT molecular complexity index is 624. The number of allylic oxidation sites excluding steroid dienone is 2. The van der Waals surface area contributed by atoms with Crippen molar-refractivity contribution in [2.24, 2.45) is 23.7 Å². The lowest BCUT2D eigenvalue weighted by Crippen LogP contribution is -2.30. The molecule has 1 saturated carbocycles. The Hall–Kier alpha value is -1.60. The minimum absolute atomic E-state index is 0.205. The summed E-state index contributed by atoms with van der Waals surface area (Å²) in [5, 5.41) is 19.3. The molecule has 0 aliphatic heterocycles. The van der Waals surface area contributed by atoms with Crippen LogP contribution in [0.1, 0.15) is 84.5 Å². The maximum atomic E-state index is 12.8. The molecule has 0 spiro atoms. The third kappa shape index (κ3) is 6.78. The fraction of sp³-hybridized carbons (Fsp3) is 0.750. The Morgan fingerprint density at radius 3 is 2.75 bits per heavy atom. The van der Waals surface area contributed by atoms with Gasteiger partial charge in [0.1, 0.15) is 5.78 Å². The zero-order valence-corrected chi connectivity index (χ0v) is 17.5. The summed E-state index contributed by atoms with van der Waals surface area (Å²) in [6.07, 6.45) is 10.2. The van der Waals surface area contributed by atoms with Gasteiger partial charge in [0.2, 0.25) is 0 Å². The summed E-state index contributed by atoms with van der Waals surface area (Å²) in [6.45, 7) is 4.19. The molecule has 4 nitrogen and oxygen atoms in total. The molecule has 0 heterocycles. The number of hydrogen-bond acceptors (Lipinski definition) is 3. The fourth-order valence-electron chi connectivity index (χ4n) is 4.82. The largest absolute Gasteiger partial charge is 0.481 e. The molecule has 1 unspecified atom stereocenters. The van der Waals surface area contributed by atoms with E-state index in [9.17, 15) is 14.7 Å². The predicted molar refractivity (Wildman–Crippen MR) is 111 cm³/mol. The van der Waals surface area contributed by atoms with Crippen LogP contribution in [0.4, 0.5) is 0 Å². The van der Waals surface area contributed by atoms with Gasteiger partial charge in [-0.1, -0.05) is 25.5 Å². The van der Waals surface area contributed by atoms with Crippen molar-refractivity contribution in [2.45, 2.75) is 90.6 Å². The first-order valence-corrected chi connectivity index (χ1v) is 11.0. The van der Waals surface area contributed by atoms with Crippen LogP contribution in [0, 0.1) is 35.5 Å². The van der Waals surface area contributed by atoms with E-state index in [1.807, 2.05) is 6.92 Å². The van der Waals surface area contributed by atoms with Crippen LogP contribution < -0.4 is 0 Å². The first-order valence-electron chi connectivity index (χ1n) is 11.0. The normalized spacial score (nSPS) is 27.3. The second-order valence-corrected chi connectivity index (χ2v) is 8.68. The highest BCUT2D eigenvalue weighted by molar-refractivity contribution is 5.82. The van der Waals surface area contributed by atoms with Crippen LogP contribution in [0.25, 0.3) is 0 Å². The zero-order valence-electron chi connectivity index (χ0n) is 17.5. The number of carboxylic acid groups (broad SMARTS) is 1. The minimum Gasteiger partial charge on any atom is -0.481 e. The van der Waals surface area contributed by atoms with Crippen molar-refractivity contribution in [3.63, 3.8) is 0 Å². The first kappa shape index (κ1) is 22.7. The van der Waals surface area contributed by atoms with E-state index in [0.29, 0.717) is 24.7 Å². The second-order valence-electron chi connectivity index (χ2n) is 8.68. The molecule has 2 rings (SSSR count). The van der Waals surface area contributed by atoms with Crippen molar-refractivity contribution >= 4 is 11.8 Å². The molecule has 2 aliphatic rings. The molecule has 0 radical (unpaired) electrons. The number of hydrogen-bond donors (Lipinski definition) is 2. The van der Waals surface area contributed by atoms with E-state index >= 15 is 0 Å². The molecule has 0 saturated heterocycles. The van der Waals surface area contributed by atoms with Crippen molar-refractivity contribution < 1.29 is 19.8 Å². The summed E-state index contributed by atoms with van der Waals surface area (Å²) in [6, 6.07) is 0. The van der Waals surface area contributed by atoms with Gasteiger partial charge in [-0.3, -0.25) is 9.59 Å². The maximum absolute atomic E-state index is 12.8. The van der Waals surface area contributed by atoms with Gasteiger partial charge in [0.05, 0.1) is 6.10 Å². The summed E-state index contributed by atoms with van der Waals surface area (Å²) in [5.41, 5.74) is 1.38. The number of Topliss-reactive ketones (excluding diaryl/α,β-unsaturated/α-hetero) is 1. The molecular formula is C24H36O4. The van der Waals surface area contributed by atoms with Gasteiger partial charge in [0.15, 0.2) is 0 Å². The number of ketones is 1. The SMILES string of the molecule is CCC#CCC(C)CCC(=O)[C@H]1[C@@H]2CC=C(CCCCC(=O)O)C[C@@H]2C[C@@H]1O. The standard InChI is InChI=1S/C24H36O4/c1-3-4-5-8-17(2)11-14-21(25)24-20-13-12-18(9-6-7-10-23(27)28)15-19(20)16-22(24)26/h12,17,19-20,22,24,26H,3,6-11,13-16H2,1-2H3,(H,27,28)/t17?,19-,20-,22+,24-/m1/s1. The lowest BCUT2D eigenvalue weighted by atomic mass is 9.75. The maximum Gasteiger partial charge on any atom is 0.303 e. The Kier molecular flexibility index (Phi) is 9.25. The summed E-state index contributed by atoms with van der Waals surface area (Å²) in [5.74, 6) is 6.64. The molecular weight excluding hydrogens is 352 g/mol. The van der Waals surface area contributed by atoms with Crippen LogP contribution in [0.15, 0.2) is 11.6 Å². The topological polar surface area (TPSA) is 74.6 Å². The number of aliphatic carboxylic acids is 1. The molecule has 0 aromatic carbocycles. The van der Waals surface area contributed by atoms with Crippen LogP contribution in [0.3, 0.4) is 0 Å². The lowest BCUT2D eigenvalue weighted by molar-refractivity contribution is -0.137. The Balaban J connectivity index is 1.82. The van der Waals surface area contributed by atoms with Crippen LogP contribution in [-0.4, -0.2) is 28.1 Å². The van der Waals surface area contributed by atoms with Gasteiger partial charge in [-0.2, -0.15) is 0 Å². The second kappa shape index (κ2) is 11.4. The fourth-order valence-corrected chi connectivity index (χ4v) is 4.82. The van der Waals surface area contributed by atoms with E-state index in [2.05, 4.69) is 24.8 Å². The highest BCUT2D eigenvalue weighted by Gasteiger charge is 2.46. The highest BCUT2D eigenvalue weighted by Crippen LogP contribution is 2.47. The van der Waals surface area contributed by atoms with E-state index in [1.165, 1.54) is 5.57 Å². The van der Waals surface area contributed by atoms with E-state index in [1.54, 1.807) is 0 Å². The van der Waals surface area contributed by atoms with Gasteiger partial charge in [-0.15, -0.1) is 11.8 Å². The quantitative estimate of drug-likeness (QED) is 0.322. The van der Waals surface area contributed by atoms with Crippen molar-refractivity contribution in [1.29, 1.82) is 0 Å². The average Bonchev–Trinajstić information content (AvgIpc) is 2.98. The third-order valence-electron chi connectivity index (χ3n) is 6.37. The van der Waals surface area contributed by atoms with E-state index in [4.69, 9.17) is 5.11 Å². The number of carboxylic acids is 1. The molecule has 1 fully saturated rings. The first-order chi connectivity index (χ1) is 13.4. The summed E-state index contributed by atoms with van der Waals surface area (Å²) < 4.78 is 0. The number of fused-ring (bicyclic) bond motifs is 1. The van der Waals surface area contributed by atoms with Crippen LogP contribution in [-0.2, 0) is 9.59 Å².